The van der Waals surface area contributed by atoms with E-state index < -0.39 is 0 Å². The van der Waals surface area contributed by atoms with Gasteiger partial charge >= 0.3 is 0 Å². The van der Waals surface area contributed by atoms with Crippen molar-refractivity contribution in [2.75, 3.05) is 0 Å². The summed E-state index contributed by atoms with van der Waals surface area (Å²) in [6.07, 6.45) is 11.6. The first-order chi connectivity index (χ1) is 8.61. The van der Waals surface area contributed by atoms with Gasteiger partial charge in [0.05, 0.1) is 0 Å². The molecule has 0 unspecified atom stereocenters. The summed E-state index contributed by atoms with van der Waals surface area (Å²) in [5.74, 6) is 0.815. The molecule has 0 saturated heterocycles. The molecule has 0 aliphatic carbocycles. The Morgan fingerprint density at radius 2 is 1.61 bits per heavy atom. The molecule has 0 spiro atoms. The van der Waals surface area contributed by atoms with Crippen molar-refractivity contribution in [3.8, 4) is 5.75 Å². The Hall–Kier alpha value is -1.96. The molecular formula is C16H21NO. The van der Waals surface area contributed by atoms with E-state index in [0.29, 0.717) is 11.7 Å². The molecule has 1 heterocycles. The van der Waals surface area contributed by atoms with Gasteiger partial charge in [-0.25, -0.2) is 0 Å². The third-order valence-corrected chi connectivity index (χ3v) is 2.53. The van der Waals surface area contributed by atoms with Crippen LogP contribution in [0.5, 0.6) is 5.75 Å². The predicted molar refractivity (Wildman–Crippen MR) is 77.5 cm³/mol. The Balaban J connectivity index is 0.000000199. The van der Waals surface area contributed by atoms with Gasteiger partial charge in [0.15, 0.2) is 0 Å². The number of hydrogen-bond donors (Lipinski definition) is 2. The fourth-order valence-electron chi connectivity index (χ4n) is 1.55. The van der Waals surface area contributed by atoms with Crippen LogP contribution >= 0.6 is 0 Å². The minimum atomic E-state index is 0.399. The number of aromatic hydroxyl groups is 1. The van der Waals surface area contributed by atoms with Crippen molar-refractivity contribution >= 4 is 0 Å². The molecule has 2 N–H and O–H groups in total. The maximum Gasteiger partial charge on any atom is 0.119 e. The molecule has 0 bridgehead atoms. The molecule has 1 aromatic carbocycles. The highest BCUT2D eigenvalue weighted by Gasteiger charge is 2.03. The molecule has 1 aliphatic rings. The highest BCUT2D eigenvalue weighted by atomic mass is 16.3. The van der Waals surface area contributed by atoms with Gasteiger partial charge in [0.25, 0.3) is 0 Å². The number of phenols is 1. The van der Waals surface area contributed by atoms with E-state index in [-0.39, 0.29) is 0 Å². The van der Waals surface area contributed by atoms with Crippen LogP contribution in [0.4, 0.5) is 0 Å². The number of phenolic OH excluding ortho intramolecular Hbond substituents is 1. The standard InChI is InChI=1S/C10H14O.C6H7N/c1-7(2)9-5-4-8(3)6-10(9)11;1-2-4-6-7-5-3-1/h4-7,11H,1-3H3;1-7H. The van der Waals surface area contributed by atoms with Gasteiger partial charge in [-0.15, -0.1) is 0 Å². The zero-order valence-electron chi connectivity index (χ0n) is 11.2. The van der Waals surface area contributed by atoms with Gasteiger partial charge in [0.1, 0.15) is 5.75 Å². The van der Waals surface area contributed by atoms with E-state index in [2.05, 4.69) is 19.2 Å². The van der Waals surface area contributed by atoms with E-state index in [1.807, 2.05) is 55.8 Å². The van der Waals surface area contributed by atoms with Crippen LogP contribution in [0.25, 0.3) is 0 Å². The Morgan fingerprint density at radius 1 is 1.00 bits per heavy atom. The number of nitrogens with one attached hydrogen (secondary N) is 1. The van der Waals surface area contributed by atoms with Crippen LogP contribution in [-0.2, 0) is 0 Å². The molecule has 2 nitrogen and oxygen atoms in total. The molecule has 0 aromatic heterocycles. The molecule has 0 fully saturated rings. The normalized spacial score (nSPS) is 12.7. The van der Waals surface area contributed by atoms with Gasteiger partial charge in [0, 0.05) is 12.4 Å². The van der Waals surface area contributed by atoms with Gasteiger partial charge in [-0.3, -0.25) is 0 Å². The molecule has 2 rings (SSSR count). The SMILES string of the molecule is C1=CC=CNC=C1.Cc1ccc(C(C)C)c(O)c1. The summed E-state index contributed by atoms with van der Waals surface area (Å²) < 4.78 is 0. The molecule has 96 valence electrons. The summed E-state index contributed by atoms with van der Waals surface area (Å²) in [6.45, 7) is 6.12. The van der Waals surface area contributed by atoms with Crippen molar-refractivity contribution in [3.05, 3.63) is 66.0 Å². The summed E-state index contributed by atoms with van der Waals surface area (Å²) in [5, 5.41) is 12.4. The minimum Gasteiger partial charge on any atom is -0.508 e. The zero-order chi connectivity index (χ0) is 13.4. The Kier molecular flexibility index (Phi) is 5.78. The topological polar surface area (TPSA) is 32.3 Å². The fraction of sp³-hybridized carbons (Fsp3) is 0.250. The first-order valence-corrected chi connectivity index (χ1v) is 6.15. The lowest BCUT2D eigenvalue weighted by Crippen LogP contribution is -1.87. The van der Waals surface area contributed by atoms with Crippen LogP contribution in [0.3, 0.4) is 0 Å². The van der Waals surface area contributed by atoms with E-state index in [9.17, 15) is 5.11 Å². The quantitative estimate of drug-likeness (QED) is 0.781. The van der Waals surface area contributed by atoms with Gasteiger partial charge < -0.3 is 10.4 Å². The summed E-state index contributed by atoms with van der Waals surface area (Å²) in [5.41, 5.74) is 2.13. The third-order valence-electron chi connectivity index (χ3n) is 2.53. The van der Waals surface area contributed by atoms with Gasteiger partial charge in [-0.2, -0.15) is 0 Å². The van der Waals surface area contributed by atoms with E-state index in [4.69, 9.17) is 0 Å². The van der Waals surface area contributed by atoms with Crippen molar-refractivity contribution in [1.29, 1.82) is 0 Å². The van der Waals surface area contributed by atoms with Crippen LogP contribution in [0.1, 0.15) is 30.9 Å². The van der Waals surface area contributed by atoms with Crippen molar-refractivity contribution in [3.63, 3.8) is 0 Å². The first-order valence-electron chi connectivity index (χ1n) is 6.15. The Bertz CT molecular complexity index is 442. The molecule has 0 saturated carbocycles. The maximum absolute atomic E-state index is 9.46. The van der Waals surface area contributed by atoms with Crippen molar-refractivity contribution in [2.24, 2.45) is 0 Å². The summed E-state index contributed by atoms with van der Waals surface area (Å²) in [7, 11) is 0. The second-order valence-electron chi connectivity index (χ2n) is 4.49. The largest absolute Gasteiger partial charge is 0.508 e. The predicted octanol–water partition coefficient (Wildman–Crippen LogP) is 4.00. The average Bonchev–Trinajstić information content (AvgIpc) is 2.60. The molecule has 1 aromatic rings. The van der Waals surface area contributed by atoms with E-state index in [1.165, 1.54) is 0 Å². The zero-order valence-corrected chi connectivity index (χ0v) is 11.2. The monoisotopic (exact) mass is 243 g/mol. The Morgan fingerprint density at radius 3 is 2.11 bits per heavy atom. The smallest absolute Gasteiger partial charge is 0.119 e. The highest BCUT2D eigenvalue weighted by molar-refractivity contribution is 5.37. The lowest BCUT2D eigenvalue weighted by molar-refractivity contribution is 0.464. The van der Waals surface area contributed by atoms with Crippen LogP contribution in [0, 0.1) is 6.92 Å². The van der Waals surface area contributed by atoms with Crippen molar-refractivity contribution in [2.45, 2.75) is 26.7 Å². The lowest BCUT2D eigenvalue weighted by atomic mass is 10.0. The summed E-state index contributed by atoms with van der Waals surface area (Å²) in [6, 6.07) is 5.81. The average molecular weight is 243 g/mol. The van der Waals surface area contributed by atoms with E-state index in [1.54, 1.807) is 6.07 Å². The van der Waals surface area contributed by atoms with Crippen LogP contribution in [0.2, 0.25) is 0 Å². The van der Waals surface area contributed by atoms with Crippen molar-refractivity contribution < 1.29 is 5.11 Å². The number of allylic oxidation sites excluding steroid dienone is 4. The third kappa shape index (κ3) is 4.91. The van der Waals surface area contributed by atoms with E-state index >= 15 is 0 Å². The first kappa shape index (κ1) is 14.1. The van der Waals surface area contributed by atoms with E-state index in [0.717, 1.165) is 11.1 Å². The number of rotatable bonds is 1. The molecule has 0 radical (unpaired) electrons. The van der Waals surface area contributed by atoms with Gasteiger partial charge in [-0.1, -0.05) is 38.1 Å². The van der Waals surface area contributed by atoms with Crippen LogP contribution in [0.15, 0.2) is 54.9 Å². The second kappa shape index (κ2) is 7.38. The fourth-order valence-corrected chi connectivity index (χ4v) is 1.55. The Labute approximate surface area is 109 Å². The van der Waals surface area contributed by atoms with Gasteiger partial charge in [-0.05, 0) is 42.2 Å². The van der Waals surface area contributed by atoms with Gasteiger partial charge in [0.2, 0.25) is 0 Å². The summed E-state index contributed by atoms with van der Waals surface area (Å²) >= 11 is 0. The molecule has 18 heavy (non-hydrogen) atoms. The molecule has 0 amide bonds. The highest BCUT2D eigenvalue weighted by Crippen LogP contribution is 2.25. The van der Waals surface area contributed by atoms with Crippen molar-refractivity contribution in [1.82, 2.24) is 5.32 Å². The number of benzene rings is 1. The van der Waals surface area contributed by atoms with Crippen LogP contribution < -0.4 is 5.32 Å². The molecule has 0 atom stereocenters. The second-order valence-corrected chi connectivity index (χ2v) is 4.49. The summed E-state index contributed by atoms with van der Waals surface area (Å²) in [4.78, 5) is 0. The number of aryl methyl sites for hydroxylation is 1. The number of hydrogen-bond acceptors (Lipinski definition) is 2. The molecule has 2 heteroatoms. The van der Waals surface area contributed by atoms with Crippen LogP contribution in [-0.4, -0.2) is 5.11 Å². The minimum absolute atomic E-state index is 0.399. The molecule has 1 aliphatic heterocycles. The maximum atomic E-state index is 9.46. The molecular weight excluding hydrogens is 222 g/mol. The lowest BCUT2D eigenvalue weighted by Gasteiger charge is -2.07.